The van der Waals surface area contributed by atoms with E-state index in [1.807, 2.05) is 29.6 Å². The van der Waals surface area contributed by atoms with E-state index in [9.17, 15) is 4.79 Å². The molecule has 0 aliphatic carbocycles. The molecule has 4 rings (SSSR count). The largest absolute Gasteiger partial charge is 0.497 e. The average molecular weight is 416 g/mol. The Hall–Kier alpha value is -2.42. The number of hydrazone groups is 1. The third-order valence-electron chi connectivity index (χ3n) is 5.28. The summed E-state index contributed by atoms with van der Waals surface area (Å²) in [5, 5.41) is 10.5. The Kier molecular flexibility index (Phi) is 6.13. The smallest absolute Gasteiger partial charge is 0.257 e. The molecule has 1 aromatic heterocycles. The minimum atomic E-state index is -0.209. The van der Waals surface area contributed by atoms with Crippen LogP contribution in [0.1, 0.15) is 23.6 Å². The summed E-state index contributed by atoms with van der Waals surface area (Å²) < 4.78 is 16.3. The summed E-state index contributed by atoms with van der Waals surface area (Å²) in [4.78, 5) is 15.3. The third-order valence-corrected chi connectivity index (χ3v) is 5.97. The van der Waals surface area contributed by atoms with Gasteiger partial charge in [-0.05, 0) is 29.0 Å². The third kappa shape index (κ3) is 4.29. The maximum absolute atomic E-state index is 13.2. The SMILES string of the molecule is COc1ccc(C2CC(c3ccsc3)=NN2C(=O)CN2CCOCC2)c(OC)c1. The lowest BCUT2D eigenvalue weighted by Gasteiger charge is -2.29. The molecule has 1 atom stereocenters. The van der Waals surface area contributed by atoms with Crippen molar-refractivity contribution in [2.24, 2.45) is 5.10 Å². The van der Waals surface area contributed by atoms with Crippen LogP contribution in [0.3, 0.4) is 0 Å². The van der Waals surface area contributed by atoms with Gasteiger partial charge in [-0.25, -0.2) is 5.01 Å². The fraction of sp³-hybridized carbons (Fsp3) is 0.429. The predicted molar refractivity (Wildman–Crippen MR) is 112 cm³/mol. The lowest BCUT2D eigenvalue weighted by Crippen LogP contribution is -2.43. The molecule has 0 spiro atoms. The van der Waals surface area contributed by atoms with Gasteiger partial charge in [0.25, 0.3) is 5.91 Å². The fourth-order valence-corrected chi connectivity index (χ4v) is 4.37. The Morgan fingerprint density at radius 3 is 2.76 bits per heavy atom. The van der Waals surface area contributed by atoms with Crippen LogP contribution in [-0.4, -0.2) is 68.6 Å². The van der Waals surface area contributed by atoms with Crippen molar-refractivity contribution in [1.82, 2.24) is 9.91 Å². The van der Waals surface area contributed by atoms with Gasteiger partial charge in [-0.2, -0.15) is 16.4 Å². The zero-order chi connectivity index (χ0) is 20.2. The summed E-state index contributed by atoms with van der Waals surface area (Å²) >= 11 is 1.63. The van der Waals surface area contributed by atoms with E-state index in [1.165, 1.54) is 0 Å². The van der Waals surface area contributed by atoms with Crippen molar-refractivity contribution in [3.05, 3.63) is 46.2 Å². The van der Waals surface area contributed by atoms with Crippen molar-refractivity contribution in [2.75, 3.05) is 47.1 Å². The Balaban J connectivity index is 1.63. The first-order valence-electron chi connectivity index (χ1n) is 9.63. The molecule has 1 saturated heterocycles. The van der Waals surface area contributed by atoms with Gasteiger partial charge in [0.2, 0.25) is 0 Å². The van der Waals surface area contributed by atoms with Crippen molar-refractivity contribution in [2.45, 2.75) is 12.5 Å². The number of nitrogens with zero attached hydrogens (tertiary/aromatic N) is 3. The Morgan fingerprint density at radius 2 is 2.07 bits per heavy atom. The Bertz CT molecular complexity index is 878. The second kappa shape index (κ2) is 8.94. The van der Waals surface area contributed by atoms with Gasteiger partial charge in [-0.1, -0.05) is 0 Å². The maximum atomic E-state index is 13.2. The van der Waals surface area contributed by atoms with Gasteiger partial charge in [0, 0.05) is 36.7 Å². The summed E-state index contributed by atoms with van der Waals surface area (Å²) in [6.45, 7) is 3.17. The molecule has 1 amide bonds. The molecule has 2 aliphatic heterocycles. The zero-order valence-corrected chi connectivity index (χ0v) is 17.5. The van der Waals surface area contributed by atoms with Gasteiger partial charge in [-0.3, -0.25) is 9.69 Å². The Labute approximate surface area is 174 Å². The number of amides is 1. The molecule has 1 aromatic carbocycles. The molecule has 0 N–H and O–H groups in total. The number of rotatable bonds is 6. The van der Waals surface area contributed by atoms with E-state index in [4.69, 9.17) is 19.3 Å². The molecule has 3 heterocycles. The minimum Gasteiger partial charge on any atom is -0.497 e. The van der Waals surface area contributed by atoms with Crippen molar-refractivity contribution in [3.63, 3.8) is 0 Å². The normalized spacial score (nSPS) is 19.9. The molecular formula is C21H25N3O4S. The van der Waals surface area contributed by atoms with Crippen LogP contribution in [0.2, 0.25) is 0 Å². The molecule has 2 aromatic rings. The second-order valence-electron chi connectivity index (χ2n) is 7.01. The van der Waals surface area contributed by atoms with E-state index in [1.54, 1.807) is 30.6 Å². The fourth-order valence-electron chi connectivity index (χ4n) is 3.70. The number of morpholine rings is 1. The number of hydrogen-bond acceptors (Lipinski definition) is 7. The summed E-state index contributed by atoms with van der Waals surface area (Å²) in [5.74, 6) is 1.40. The molecule has 8 heteroatoms. The van der Waals surface area contributed by atoms with Crippen LogP contribution in [0, 0.1) is 0 Å². The molecule has 0 bridgehead atoms. The summed E-state index contributed by atoms with van der Waals surface area (Å²) in [5.41, 5.74) is 2.91. The summed E-state index contributed by atoms with van der Waals surface area (Å²) in [7, 11) is 3.26. The topological polar surface area (TPSA) is 63.6 Å². The summed E-state index contributed by atoms with van der Waals surface area (Å²) in [6.07, 6.45) is 0.647. The molecule has 2 aliphatic rings. The first kappa shape index (κ1) is 19.9. The Morgan fingerprint density at radius 1 is 1.24 bits per heavy atom. The van der Waals surface area contributed by atoms with Crippen LogP contribution in [0.15, 0.2) is 40.1 Å². The number of carbonyl (C=O) groups excluding carboxylic acids is 1. The van der Waals surface area contributed by atoms with Gasteiger partial charge < -0.3 is 14.2 Å². The molecule has 1 unspecified atom stereocenters. The number of thiophene rings is 1. The van der Waals surface area contributed by atoms with Crippen molar-refractivity contribution in [1.29, 1.82) is 0 Å². The number of carbonyl (C=O) groups is 1. The van der Waals surface area contributed by atoms with Crippen molar-refractivity contribution in [3.8, 4) is 11.5 Å². The van der Waals surface area contributed by atoms with Crippen LogP contribution in [-0.2, 0) is 9.53 Å². The molecule has 0 radical (unpaired) electrons. The monoisotopic (exact) mass is 415 g/mol. The first-order valence-corrected chi connectivity index (χ1v) is 10.6. The standard InChI is InChI=1S/C21H25N3O4S/c1-26-16-3-4-17(20(11-16)27-2)19-12-18(15-5-10-29-14-15)22-24(19)21(25)13-23-6-8-28-9-7-23/h3-5,10-11,14,19H,6-9,12-13H2,1-2H3. The van der Waals surface area contributed by atoms with Crippen LogP contribution >= 0.6 is 11.3 Å². The van der Waals surface area contributed by atoms with Crippen molar-refractivity contribution >= 4 is 23.0 Å². The van der Waals surface area contributed by atoms with Crippen LogP contribution in [0.4, 0.5) is 0 Å². The molecule has 7 nitrogen and oxygen atoms in total. The summed E-state index contributed by atoms with van der Waals surface area (Å²) in [6, 6.07) is 7.54. The van der Waals surface area contributed by atoms with E-state index in [-0.39, 0.29) is 11.9 Å². The lowest BCUT2D eigenvalue weighted by molar-refractivity contribution is -0.135. The van der Waals surface area contributed by atoms with Gasteiger partial charge >= 0.3 is 0 Å². The van der Waals surface area contributed by atoms with E-state index in [2.05, 4.69) is 10.3 Å². The highest BCUT2D eigenvalue weighted by Crippen LogP contribution is 2.39. The first-order chi connectivity index (χ1) is 14.2. The lowest BCUT2D eigenvalue weighted by atomic mass is 9.98. The highest BCUT2D eigenvalue weighted by Gasteiger charge is 2.35. The van der Waals surface area contributed by atoms with Crippen LogP contribution in [0.5, 0.6) is 11.5 Å². The number of hydrogen-bond donors (Lipinski definition) is 0. The van der Waals surface area contributed by atoms with Gasteiger partial charge in [0.15, 0.2) is 0 Å². The molecule has 154 valence electrons. The van der Waals surface area contributed by atoms with Crippen LogP contribution in [0.25, 0.3) is 0 Å². The molecule has 29 heavy (non-hydrogen) atoms. The van der Waals surface area contributed by atoms with E-state index in [0.717, 1.165) is 29.9 Å². The second-order valence-corrected chi connectivity index (χ2v) is 7.79. The van der Waals surface area contributed by atoms with E-state index in [0.29, 0.717) is 37.7 Å². The number of benzene rings is 1. The molecule has 1 fully saturated rings. The van der Waals surface area contributed by atoms with E-state index < -0.39 is 0 Å². The van der Waals surface area contributed by atoms with Gasteiger partial charge in [0.1, 0.15) is 11.5 Å². The van der Waals surface area contributed by atoms with Crippen molar-refractivity contribution < 1.29 is 19.0 Å². The quantitative estimate of drug-likeness (QED) is 0.726. The van der Waals surface area contributed by atoms with E-state index >= 15 is 0 Å². The van der Waals surface area contributed by atoms with Crippen LogP contribution < -0.4 is 9.47 Å². The average Bonchev–Trinajstić information content (AvgIpc) is 3.44. The highest BCUT2D eigenvalue weighted by atomic mass is 32.1. The molecular weight excluding hydrogens is 390 g/mol. The molecule has 0 saturated carbocycles. The predicted octanol–water partition coefficient (Wildman–Crippen LogP) is 2.78. The zero-order valence-electron chi connectivity index (χ0n) is 16.7. The minimum absolute atomic E-state index is 0.0139. The maximum Gasteiger partial charge on any atom is 0.257 e. The van der Waals surface area contributed by atoms with Gasteiger partial charge in [0.05, 0.1) is 45.7 Å². The van der Waals surface area contributed by atoms with Gasteiger partial charge in [-0.15, -0.1) is 0 Å². The number of ether oxygens (including phenoxy) is 3. The highest BCUT2D eigenvalue weighted by molar-refractivity contribution is 7.08. The number of methoxy groups -OCH3 is 2.